The Morgan fingerprint density at radius 1 is 1.30 bits per heavy atom. The molecule has 3 atom stereocenters. The lowest BCUT2D eigenvalue weighted by Gasteiger charge is -2.21. The molecular weight excluding hydrogens is 316 g/mol. The maximum atomic E-state index is 12.0. The number of carbonyl (C=O) groups is 1. The van der Waals surface area contributed by atoms with Gasteiger partial charge in [-0.3, -0.25) is 4.79 Å². The van der Waals surface area contributed by atoms with Gasteiger partial charge in [-0.25, -0.2) is 0 Å². The minimum absolute atomic E-state index is 0.0392. The number of benzene rings is 1. The van der Waals surface area contributed by atoms with Crippen molar-refractivity contribution in [2.75, 3.05) is 0 Å². The van der Waals surface area contributed by atoms with Gasteiger partial charge in [-0.15, -0.1) is 0 Å². The lowest BCUT2D eigenvalue weighted by molar-refractivity contribution is -0.124. The summed E-state index contributed by atoms with van der Waals surface area (Å²) in [5, 5.41) is 3.00. The zero-order valence-corrected chi connectivity index (χ0v) is 14.1. The van der Waals surface area contributed by atoms with Crippen LogP contribution in [0, 0.1) is 5.92 Å². The molecular formula is C16H25BrN2O. The molecule has 1 aromatic carbocycles. The van der Waals surface area contributed by atoms with Gasteiger partial charge < -0.3 is 11.1 Å². The second kappa shape index (κ2) is 8.42. The highest BCUT2D eigenvalue weighted by Gasteiger charge is 2.20. The minimum Gasteiger partial charge on any atom is -0.352 e. The Morgan fingerprint density at radius 3 is 2.45 bits per heavy atom. The fourth-order valence-electron chi connectivity index (χ4n) is 1.96. The van der Waals surface area contributed by atoms with E-state index in [1.807, 2.05) is 26.0 Å². The third-order valence-corrected chi connectivity index (χ3v) is 4.26. The molecule has 112 valence electrons. The second-order valence-corrected chi connectivity index (χ2v) is 6.40. The van der Waals surface area contributed by atoms with Gasteiger partial charge >= 0.3 is 0 Å². The van der Waals surface area contributed by atoms with Gasteiger partial charge in [0.25, 0.3) is 0 Å². The summed E-state index contributed by atoms with van der Waals surface area (Å²) in [6.07, 6.45) is 2.79. The van der Waals surface area contributed by atoms with E-state index in [9.17, 15) is 4.79 Å². The van der Waals surface area contributed by atoms with Crippen molar-refractivity contribution in [1.29, 1.82) is 0 Å². The summed E-state index contributed by atoms with van der Waals surface area (Å²) in [7, 11) is 0. The second-order valence-electron chi connectivity index (χ2n) is 5.49. The van der Waals surface area contributed by atoms with E-state index in [-0.39, 0.29) is 17.9 Å². The topological polar surface area (TPSA) is 55.1 Å². The zero-order chi connectivity index (χ0) is 15.1. The third kappa shape index (κ3) is 5.63. The van der Waals surface area contributed by atoms with Crippen LogP contribution in [-0.4, -0.2) is 18.0 Å². The van der Waals surface area contributed by atoms with Gasteiger partial charge in [0.1, 0.15) is 0 Å². The normalized spacial score (nSPS) is 15.4. The lowest BCUT2D eigenvalue weighted by Crippen LogP contribution is -2.47. The Kier molecular flexibility index (Phi) is 7.24. The van der Waals surface area contributed by atoms with Gasteiger partial charge in [0.2, 0.25) is 5.91 Å². The molecule has 1 amide bonds. The highest BCUT2D eigenvalue weighted by atomic mass is 79.9. The largest absolute Gasteiger partial charge is 0.352 e. The molecule has 0 fully saturated rings. The maximum Gasteiger partial charge on any atom is 0.237 e. The van der Waals surface area contributed by atoms with Crippen molar-refractivity contribution < 1.29 is 4.79 Å². The molecule has 0 aliphatic rings. The van der Waals surface area contributed by atoms with Crippen molar-refractivity contribution in [2.24, 2.45) is 11.7 Å². The summed E-state index contributed by atoms with van der Waals surface area (Å²) < 4.78 is 1.09. The number of aryl methyl sites for hydroxylation is 1. The quantitative estimate of drug-likeness (QED) is 0.800. The average molecular weight is 341 g/mol. The molecule has 1 aromatic rings. The van der Waals surface area contributed by atoms with Crippen LogP contribution in [0.1, 0.15) is 39.2 Å². The number of halogens is 1. The van der Waals surface area contributed by atoms with Gasteiger partial charge in [-0.1, -0.05) is 48.3 Å². The number of nitrogens with two attached hydrogens (primary N) is 1. The van der Waals surface area contributed by atoms with E-state index in [0.29, 0.717) is 0 Å². The van der Waals surface area contributed by atoms with E-state index in [1.54, 1.807) is 0 Å². The molecule has 0 bridgehead atoms. The van der Waals surface area contributed by atoms with Crippen molar-refractivity contribution >= 4 is 21.8 Å². The molecule has 3 nitrogen and oxygen atoms in total. The number of nitrogens with one attached hydrogen (secondary N) is 1. The van der Waals surface area contributed by atoms with E-state index in [1.165, 1.54) is 5.56 Å². The predicted molar refractivity (Wildman–Crippen MR) is 87.5 cm³/mol. The first-order valence-corrected chi connectivity index (χ1v) is 8.03. The summed E-state index contributed by atoms with van der Waals surface area (Å²) in [5.74, 6) is 0.177. The molecule has 20 heavy (non-hydrogen) atoms. The van der Waals surface area contributed by atoms with Crippen LogP contribution < -0.4 is 11.1 Å². The number of carbonyl (C=O) groups excluding carboxylic acids is 1. The summed E-state index contributed by atoms with van der Waals surface area (Å²) in [6.45, 7) is 6.09. The van der Waals surface area contributed by atoms with E-state index < -0.39 is 6.04 Å². The van der Waals surface area contributed by atoms with Gasteiger partial charge in [-0.05, 0) is 43.4 Å². The Hall–Kier alpha value is -0.870. The summed E-state index contributed by atoms with van der Waals surface area (Å²) in [5.41, 5.74) is 7.20. The highest BCUT2D eigenvalue weighted by molar-refractivity contribution is 9.10. The Labute approximate surface area is 130 Å². The van der Waals surface area contributed by atoms with Crippen molar-refractivity contribution in [2.45, 2.75) is 52.1 Å². The molecule has 0 saturated heterocycles. The molecule has 0 aliphatic heterocycles. The molecule has 0 heterocycles. The fourth-order valence-corrected chi connectivity index (χ4v) is 2.22. The number of hydrogen-bond donors (Lipinski definition) is 2. The first-order valence-electron chi connectivity index (χ1n) is 7.24. The van der Waals surface area contributed by atoms with Crippen molar-refractivity contribution in [3.05, 3.63) is 34.3 Å². The van der Waals surface area contributed by atoms with Crippen LogP contribution in [-0.2, 0) is 11.2 Å². The Balaban J connectivity index is 2.38. The van der Waals surface area contributed by atoms with Crippen LogP contribution in [0.4, 0.5) is 0 Å². The zero-order valence-electron chi connectivity index (χ0n) is 12.5. The van der Waals surface area contributed by atoms with Crippen LogP contribution in [0.3, 0.4) is 0 Å². The standard InChI is InChI=1S/C16H25BrN2O/c1-4-11(2)15(18)16(20)19-12(3)5-6-13-7-9-14(17)10-8-13/h7-12,15H,4-6,18H2,1-3H3,(H,19,20). The number of amides is 1. The minimum atomic E-state index is -0.407. The van der Waals surface area contributed by atoms with E-state index in [2.05, 4.69) is 40.3 Å². The molecule has 0 spiro atoms. The van der Waals surface area contributed by atoms with Crippen LogP contribution in [0.15, 0.2) is 28.7 Å². The summed E-state index contributed by atoms with van der Waals surface area (Å²) >= 11 is 3.42. The van der Waals surface area contributed by atoms with E-state index in [0.717, 1.165) is 23.7 Å². The molecule has 3 N–H and O–H groups in total. The molecule has 0 saturated carbocycles. The molecule has 0 aliphatic carbocycles. The average Bonchev–Trinajstić information content (AvgIpc) is 2.44. The maximum absolute atomic E-state index is 12.0. The molecule has 0 aromatic heterocycles. The van der Waals surface area contributed by atoms with Gasteiger partial charge in [0.05, 0.1) is 6.04 Å². The molecule has 1 rings (SSSR count). The van der Waals surface area contributed by atoms with Gasteiger partial charge in [-0.2, -0.15) is 0 Å². The molecule has 3 unspecified atom stereocenters. The van der Waals surface area contributed by atoms with Gasteiger partial charge in [0.15, 0.2) is 0 Å². The van der Waals surface area contributed by atoms with Crippen LogP contribution in [0.25, 0.3) is 0 Å². The van der Waals surface area contributed by atoms with Crippen LogP contribution >= 0.6 is 15.9 Å². The fraction of sp³-hybridized carbons (Fsp3) is 0.562. The predicted octanol–water partition coefficient (Wildman–Crippen LogP) is 3.26. The lowest BCUT2D eigenvalue weighted by atomic mass is 9.99. The first kappa shape index (κ1) is 17.2. The number of rotatable bonds is 7. The Bertz CT molecular complexity index is 419. The third-order valence-electron chi connectivity index (χ3n) is 3.73. The Morgan fingerprint density at radius 2 is 1.90 bits per heavy atom. The van der Waals surface area contributed by atoms with Crippen LogP contribution in [0.2, 0.25) is 0 Å². The molecule has 0 radical (unpaired) electrons. The summed E-state index contributed by atoms with van der Waals surface area (Å²) in [6, 6.07) is 8.01. The summed E-state index contributed by atoms with van der Waals surface area (Å²) in [4.78, 5) is 12.0. The highest BCUT2D eigenvalue weighted by Crippen LogP contribution is 2.12. The number of hydrogen-bond acceptors (Lipinski definition) is 2. The molecule has 4 heteroatoms. The van der Waals surface area contributed by atoms with Crippen molar-refractivity contribution in [3.63, 3.8) is 0 Å². The SMILES string of the molecule is CCC(C)C(N)C(=O)NC(C)CCc1ccc(Br)cc1. The monoisotopic (exact) mass is 340 g/mol. The van der Waals surface area contributed by atoms with E-state index >= 15 is 0 Å². The van der Waals surface area contributed by atoms with Crippen molar-refractivity contribution in [3.8, 4) is 0 Å². The smallest absolute Gasteiger partial charge is 0.237 e. The first-order chi connectivity index (χ1) is 9.43. The van der Waals surface area contributed by atoms with Gasteiger partial charge in [0, 0.05) is 10.5 Å². The van der Waals surface area contributed by atoms with Crippen LogP contribution in [0.5, 0.6) is 0 Å². The van der Waals surface area contributed by atoms with Crippen molar-refractivity contribution in [1.82, 2.24) is 5.32 Å². The van der Waals surface area contributed by atoms with E-state index in [4.69, 9.17) is 5.73 Å².